The first-order valence-corrected chi connectivity index (χ1v) is 10.5. The normalized spacial score (nSPS) is 10.5. The molecule has 5 N–H and O–H groups in total. The van der Waals surface area contributed by atoms with Crippen molar-refractivity contribution < 1.29 is 14.4 Å². The van der Waals surface area contributed by atoms with E-state index in [1.807, 2.05) is 11.4 Å². The molecule has 0 radical (unpaired) electrons. The highest BCUT2D eigenvalue weighted by Crippen LogP contribution is 2.26. The number of aromatic nitrogens is 2. The van der Waals surface area contributed by atoms with Crippen LogP contribution in [0.1, 0.15) is 30.5 Å². The van der Waals surface area contributed by atoms with Gasteiger partial charge in [-0.1, -0.05) is 6.07 Å². The Morgan fingerprint density at radius 2 is 1.80 bits per heavy atom. The summed E-state index contributed by atoms with van der Waals surface area (Å²) in [5.74, 6) is -1.07. The lowest BCUT2D eigenvalue weighted by atomic mass is 10.2. The molecule has 1 aromatic carbocycles. The minimum atomic E-state index is -0.556. The molecule has 0 fully saturated rings. The minimum absolute atomic E-state index is 0.193. The Balaban J connectivity index is 1.39. The maximum atomic E-state index is 12.5. The molecule has 3 heterocycles. The Morgan fingerprint density at radius 3 is 2.47 bits per heavy atom. The number of rotatable bonds is 6. The standard InChI is InChI=1S/C20H15N5O3S2/c21-17(26)14-8-12(9-22-14)15-10-30-20(24-15)25-18(27)11-3-5-13(6-4-11)23-19(28)16-2-1-7-29-16/h1-10,22H,(H2,21,26)(H,23,28)(H,24,25,27). The van der Waals surface area contributed by atoms with Crippen molar-refractivity contribution in [3.63, 3.8) is 0 Å². The fourth-order valence-electron chi connectivity index (χ4n) is 2.62. The number of thiophene rings is 1. The fraction of sp³-hybridized carbons (Fsp3) is 0. The van der Waals surface area contributed by atoms with Crippen LogP contribution in [-0.4, -0.2) is 27.7 Å². The van der Waals surface area contributed by atoms with Crippen LogP contribution in [0, 0.1) is 0 Å². The number of carbonyl (C=O) groups is 3. The Labute approximate surface area is 178 Å². The van der Waals surface area contributed by atoms with Crippen molar-refractivity contribution in [1.29, 1.82) is 0 Å². The van der Waals surface area contributed by atoms with E-state index in [9.17, 15) is 14.4 Å². The van der Waals surface area contributed by atoms with Crippen LogP contribution < -0.4 is 16.4 Å². The van der Waals surface area contributed by atoms with E-state index >= 15 is 0 Å². The molecule has 150 valence electrons. The molecule has 0 saturated heterocycles. The van der Waals surface area contributed by atoms with Gasteiger partial charge in [0, 0.05) is 28.4 Å². The number of nitrogens with one attached hydrogen (secondary N) is 3. The molecule has 0 unspecified atom stereocenters. The van der Waals surface area contributed by atoms with E-state index in [0.29, 0.717) is 32.5 Å². The van der Waals surface area contributed by atoms with Crippen molar-refractivity contribution in [3.8, 4) is 11.3 Å². The summed E-state index contributed by atoms with van der Waals surface area (Å²) in [7, 11) is 0. The summed E-state index contributed by atoms with van der Waals surface area (Å²) >= 11 is 2.62. The SMILES string of the molecule is NC(=O)c1cc(-c2csc(NC(=O)c3ccc(NC(=O)c4cccs4)cc3)n2)c[nH]1. The summed E-state index contributed by atoms with van der Waals surface area (Å²) in [5.41, 5.74) is 7.86. The Kier molecular flexibility index (Phi) is 5.42. The smallest absolute Gasteiger partial charge is 0.265 e. The predicted octanol–water partition coefficient (Wildman–Crippen LogP) is 3.80. The number of primary amides is 1. The van der Waals surface area contributed by atoms with Crippen LogP contribution in [0.15, 0.2) is 59.4 Å². The Hall–Kier alpha value is -3.76. The first-order valence-electron chi connectivity index (χ1n) is 8.70. The van der Waals surface area contributed by atoms with Crippen molar-refractivity contribution in [2.45, 2.75) is 0 Å². The monoisotopic (exact) mass is 437 g/mol. The maximum Gasteiger partial charge on any atom is 0.265 e. The Morgan fingerprint density at radius 1 is 1.00 bits per heavy atom. The van der Waals surface area contributed by atoms with Crippen LogP contribution in [0.4, 0.5) is 10.8 Å². The second-order valence-corrected chi connectivity index (χ2v) is 7.97. The third-order valence-corrected chi connectivity index (χ3v) is 5.75. The van der Waals surface area contributed by atoms with E-state index < -0.39 is 5.91 Å². The van der Waals surface area contributed by atoms with Crippen molar-refractivity contribution in [2.75, 3.05) is 10.6 Å². The van der Waals surface area contributed by atoms with Gasteiger partial charge in [-0.05, 0) is 41.8 Å². The number of hydrogen-bond donors (Lipinski definition) is 4. The summed E-state index contributed by atoms with van der Waals surface area (Å²) in [6, 6.07) is 11.7. The van der Waals surface area contributed by atoms with Gasteiger partial charge in [-0.25, -0.2) is 4.98 Å². The molecule has 4 aromatic rings. The van der Waals surface area contributed by atoms with Crippen molar-refractivity contribution in [2.24, 2.45) is 5.73 Å². The number of thiazole rings is 1. The van der Waals surface area contributed by atoms with Gasteiger partial charge in [0.05, 0.1) is 10.6 Å². The van der Waals surface area contributed by atoms with Gasteiger partial charge >= 0.3 is 0 Å². The first-order chi connectivity index (χ1) is 14.5. The van der Waals surface area contributed by atoms with Crippen LogP contribution >= 0.6 is 22.7 Å². The number of aromatic amines is 1. The summed E-state index contributed by atoms with van der Waals surface area (Å²) in [6.45, 7) is 0. The number of amides is 3. The van der Waals surface area contributed by atoms with Crippen LogP contribution in [0.2, 0.25) is 0 Å². The molecule has 0 atom stereocenters. The van der Waals surface area contributed by atoms with E-state index in [1.165, 1.54) is 22.7 Å². The number of H-pyrrole nitrogens is 1. The average Bonchev–Trinajstić information content (AvgIpc) is 3.49. The minimum Gasteiger partial charge on any atom is -0.364 e. The van der Waals surface area contributed by atoms with Gasteiger partial charge in [0.15, 0.2) is 5.13 Å². The first kappa shape index (κ1) is 19.6. The zero-order valence-electron chi connectivity index (χ0n) is 15.3. The number of nitrogens with zero attached hydrogens (tertiary/aromatic N) is 1. The molecule has 0 spiro atoms. The van der Waals surface area contributed by atoms with Crippen molar-refractivity contribution in [3.05, 3.63) is 75.6 Å². The van der Waals surface area contributed by atoms with Gasteiger partial charge < -0.3 is 16.0 Å². The molecule has 3 amide bonds. The molecule has 30 heavy (non-hydrogen) atoms. The fourth-order valence-corrected chi connectivity index (χ4v) is 3.96. The van der Waals surface area contributed by atoms with Gasteiger partial charge in [0.2, 0.25) is 0 Å². The highest BCUT2D eigenvalue weighted by atomic mass is 32.1. The highest BCUT2D eigenvalue weighted by Gasteiger charge is 2.13. The number of anilines is 2. The zero-order chi connectivity index (χ0) is 21.1. The highest BCUT2D eigenvalue weighted by molar-refractivity contribution is 7.14. The van der Waals surface area contributed by atoms with Gasteiger partial charge in [-0.2, -0.15) is 0 Å². The van der Waals surface area contributed by atoms with Gasteiger partial charge in [-0.3, -0.25) is 19.7 Å². The third kappa shape index (κ3) is 4.29. The van der Waals surface area contributed by atoms with Crippen LogP contribution in [0.25, 0.3) is 11.3 Å². The van der Waals surface area contributed by atoms with Crippen molar-refractivity contribution in [1.82, 2.24) is 9.97 Å². The van der Waals surface area contributed by atoms with Gasteiger partial charge in [0.25, 0.3) is 17.7 Å². The molecule has 0 aliphatic rings. The van der Waals surface area contributed by atoms with Gasteiger partial charge in [0.1, 0.15) is 5.69 Å². The molecule has 8 nitrogen and oxygen atoms in total. The predicted molar refractivity (Wildman–Crippen MR) is 117 cm³/mol. The quantitative estimate of drug-likeness (QED) is 0.365. The lowest BCUT2D eigenvalue weighted by Crippen LogP contribution is -2.13. The summed E-state index contributed by atoms with van der Waals surface area (Å²) in [5, 5.41) is 9.55. The van der Waals surface area contributed by atoms with Gasteiger partial charge in [-0.15, -0.1) is 22.7 Å². The van der Waals surface area contributed by atoms with E-state index in [4.69, 9.17) is 5.73 Å². The average molecular weight is 438 g/mol. The van der Waals surface area contributed by atoms with E-state index in [-0.39, 0.29) is 17.5 Å². The number of hydrogen-bond acceptors (Lipinski definition) is 6. The van der Waals surface area contributed by atoms with Crippen LogP contribution in [-0.2, 0) is 0 Å². The summed E-state index contributed by atoms with van der Waals surface area (Å²) < 4.78 is 0. The lowest BCUT2D eigenvalue weighted by molar-refractivity contribution is 0.0992. The van der Waals surface area contributed by atoms with E-state index in [2.05, 4.69) is 20.6 Å². The Bertz CT molecular complexity index is 1210. The number of nitrogens with two attached hydrogens (primary N) is 1. The molecule has 10 heteroatoms. The number of benzene rings is 1. The molecular formula is C20H15N5O3S2. The summed E-state index contributed by atoms with van der Waals surface area (Å²) in [4.78, 5) is 43.5. The largest absolute Gasteiger partial charge is 0.364 e. The second kappa shape index (κ2) is 8.31. The zero-order valence-corrected chi connectivity index (χ0v) is 17.0. The molecule has 0 bridgehead atoms. The van der Waals surface area contributed by atoms with E-state index in [0.717, 1.165) is 0 Å². The molecule has 3 aromatic heterocycles. The molecule has 0 aliphatic heterocycles. The van der Waals surface area contributed by atoms with Crippen molar-refractivity contribution >= 4 is 51.2 Å². The third-order valence-electron chi connectivity index (χ3n) is 4.12. The summed E-state index contributed by atoms with van der Waals surface area (Å²) in [6.07, 6.45) is 1.63. The van der Waals surface area contributed by atoms with Crippen LogP contribution in [0.3, 0.4) is 0 Å². The van der Waals surface area contributed by atoms with E-state index in [1.54, 1.807) is 48.0 Å². The number of carbonyl (C=O) groups excluding carboxylic acids is 3. The topological polar surface area (TPSA) is 130 Å². The molecule has 0 saturated carbocycles. The second-order valence-electron chi connectivity index (χ2n) is 6.17. The molecule has 0 aliphatic carbocycles. The molecule has 4 rings (SSSR count). The lowest BCUT2D eigenvalue weighted by Gasteiger charge is -2.05. The maximum absolute atomic E-state index is 12.5. The molecular weight excluding hydrogens is 422 g/mol. The van der Waals surface area contributed by atoms with Crippen LogP contribution in [0.5, 0.6) is 0 Å².